The average Bonchev–Trinajstić information content (AvgIpc) is 2.84. The first-order chi connectivity index (χ1) is 18.9. The zero-order chi connectivity index (χ0) is 31.3. The predicted octanol–water partition coefficient (Wildman–Crippen LogP) is 7.90. The van der Waals surface area contributed by atoms with Crippen LogP contribution in [0.15, 0.2) is 36.4 Å². The van der Waals surface area contributed by atoms with E-state index in [1.165, 1.54) is 0 Å². The second-order valence-corrected chi connectivity index (χ2v) is 13.3. The number of ether oxygens (including phenoxy) is 1. The Kier molecular flexibility index (Phi) is 11.4. The Hall–Kier alpha value is -3.06. The number of halogens is 1. The van der Waals surface area contributed by atoms with Gasteiger partial charge in [0.15, 0.2) is 0 Å². The number of aryl methyl sites for hydroxylation is 3. The Labute approximate surface area is 251 Å². The molecular weight excluding hydrogens is 538 g/mol. The van der Waals surface area contributed by atoms with Crippen LogP contribution >= 0.6 is 11.6 Å². The van der Waals surface area contributed by atoms with Crippen molar-refractivity contribution in [2.24, 2.45) is 5.92 Å². The van der Waals surface area contributed by atoms with Gasteiger partial charge >= 0.3 is 6.09 Å². The first-order valence-electron chi connectivity index (χ1n) is 14.3. The molecule has 3 amide bonds. The SMILES string of the molecule is CCC(C)(C)N(C(=O)C(CC(C)C)NC(=O)OC(C)(C)C)C(C(=O)Nc1c(C)cccc1Cl)c1ccc(C)c(C)c1. The minimum absolute atomic E-state index is 0.0881. The Bertz CT molecular complexity index is 1230. The molecule has 0 bridgehead atoms. The summed E-state index contributed by atoms with van der Waals surface area (Å²) in [6.45, 7) is 21.0. The van der Waals surface area contributed by atoms with Crippen molar-refractivity contribution < 1.29 is 19.1 Å². The normalized spacial score (nSPS) is 13.4. The summed E-state index contributed by atoms with van der Waals surface area (Å²) in [5.74, 6) is -0.657. The lowest BCUT2D eigenvalue weighted by molar-refractivity contribution is -0.148. The van der Waals surface area contributed by atoms with Gasteiger partial charge in [-0.05, 0) is 102 Å². The lowest BCUT2D eigenvalue weighted by Crippen LogP contribution is -2.59. The topological polar surface area (TPSA) is 87.7 Å². The summed E-state index contributed by atoms with van der Waals surface area (Å²) in [5.41, 5.74) is 2.58. The molecular formula is C33H48ClN3O4. The Morgan fingerprint density at radius 2 is 1.59 bits per heavy atom. The Morgan fingerprint density at radius 1 is 0.951 bits per heavy atom. The maximum Gasteiger partial charge on any atom is 0.408 e. The van der Waals surface area contributed by atoms with E-state index in [0.717, 1.165) is 16.7 Å². The zero-order valence-electron chi connectivity index (χ0n) is 26.6. The van der Waals surface area contributed by atoms with Crippen LogP contribution in [0, 0.1) is 26.7 Å². The van der Waals surface area contributed by atoms with Gasteiger partial charge in [0.2, 0.25) is 5.91 Å². The van der Waals surface area contributed by atoms with Crippen LogP contribution in [0.1, 0.15) is 96.5 Å². The van der Waals surface area contributed by atoms with Crippen molar-refractivity contribution in [3.8, 4) is 0 Å². The molecule has 41 heavy (non-hydrogen) atoms. The van der Waals surface area contributed by atoms with Gasteiger partial charge in [0.1, 0.15) is 17.7 Å². The van der Waals surface area contributed by atoms with Crippen molar-refractivity contribution >= 4 is 35.2 Å². The highest BCUT2D eigenvalue weighted by atomic mass is 35.5. The quantitative estimate of drug-likeness (QED) is 0.296. The molecule has 2 N–H and O–H groups in total. The molecule has 0 saturated heterocycles. The zero-order valence-corrected chi connectivity index (χ0v) is 27.3. The van der Waals surface area contributed by atoms with Crippen molar-refractivity contribution in [1.29, 1.82) is 0 Å². The second-order valence-electron chi connectivity index (χ2n) is 12.9. The number of rotatable bonds is 10. The number of carbonyl (C=O) groups is 3. The van der Waals surface area contributed by atoms with Gasteiger partial charge in [0, 0.05) is 5.54 Å². The maximum absolute atomic E-state index is 14.6. The number of nitrogens with zero attached hydrogens (tertiary/aromatic N) is 1. The van der Waals surface area contributed by atoms with Gasteiger partial charge in [-0.3, -0.25) is 9.59 Å². The minimum atomic E-state index is -0.998. The number of carbonyl (C=O) groups excluding carboxylic acids is 3. The third-order valence-electron chi connectivity index (χ3n) is 7.27. The fourth-order valence-corrected chi connectivity index (χ4v) is 4.86. The number of para-hydroxylation sites is 1. The van der Waals surface area contributed by atoms with E-state index in [1.54, 1.807) is 31.7 Å². The summed E-state index contributed by atoms with van der Waals surface area (Å²) in [6.07, 6.45) is 0.267. The molecule has 2 unspecified atom stereocenters. The smallest absolute Gasteiger partial charge is 0.408 e. The fraction of sp³-hybridized carbons (Fsp3) is 0.545. The lowest BCUT2D eigenvalue weighted by Gasteiger charge is -2.45. The molecule has 0 radical (unpaired) electrons. The first kappa shape index (κ1) is 34.1. The van der Waals surface area contributed by atoms with Gasteiger partial charge in [0.25, 0.3) is 5.91 Å². The van der Waals surface area contributed by atoms with Crippen LogP contribution in [0.25, 0.3) is 0 Å². The van der Waals surface area contributed by atoms with Crippen LogP contribution in [0.3, 0.4) is 0 Å². The van der Waals surface area contributed by atoms with E-state index >= 15 is 0 Å². The van der Waals surface area contributed by atoms with Gasteiger partial charge in [-0.1, -0.05) is 62.7 Å². The maximum atomic E-state index is 14.6. The monoisotopic (exact) mass is 585 g/mol. The van der Waals surface area contributed by atoms with E-state index in [2.05, 4.69) is 10.6 Å². The van der Waals surface area contributed by atoms with Crippen molar-refractivity contribution in [1.82, 2.24) is 10.2 Å². The molecule has 0 fully saturated rings. The second kappa shape index (κ2) is 13.7. The van der Waals surface area contributed by atoms with E-state index in [-0.39, 0.29) is 17.7 Å². The largest absolute Gasteiger partial charge is 0.444 e. The van der Waals surface area contributed by atoms with E-state index < -0.39 is 29.3 Å². The number of nitrogens with one attached hydrogen (secondary N) is 2. The number of hydrogen-bond acceptors (Lipinski definition) is 4. The molecule has 0 saturated carbocycles. The third kappa shape index (κ3) is 9.22. The van der Waals surface area contributed by atoms with E-state index in [4.69, 9.17) is 16.3 Å². The molecule has 2 aromatic rings. The molecule has 0 aliphatic rings. The molecule has 0 spiro atoms. The molecule has 2 atom stereocenters. The highest BCUT2D eigenvalue weighted by molar-refractivity contribution is 6.34. The molecule has 2 rings (SSSR count). The first-order valence-corrected chi connectivity index (χ1v) is 14.7. The summed E-state index contributed by atoms with van der Waals surface area (Å²) in [4.78, 5) is 43.4. The standard InChI is InChI=1S/C33H48ClN3O4/c1-12-33(10,11)37(30(39)26(18-20(2)3)35-31(40)41-32(7,8)9)28(24-17-16-21(4)23(6)19-24)29(38)36-27-22(5)14-13-15-25(27)34/h13-17,19-20,26,28H,12,18H2,1-11H3,(H,35,40)(H,36,38). The van der Waals surface area contributed by atoms with Crippen LogP contribution in [0.5, 0.6) is 0 Å². The number of benzene rings is 2. The van der Waals surface area contributed by atoms with Gasteiger partial charge in [-0.2, -0.15) is 0 Å². The third-order valence-corrected chi connectivity index (χ3v) is 7.59. The van der Waals surface area contributed by atoms with Crippen molar-refractivity contribution in [3.63, 3.8) is 0 Å². The summed E-state index contributed by atoms with van der Waals surface area (Å²) < 4.78 is 5.50. The molecule has 8 heteroatoms. The average molecular weight is 586 g/mol. The molecule has 0 aliphatic carbocycles. The number of alkyl carbamates (subject to hydrolysis) is 1. The molecule has 226 valence electrons. The van der Waals surface area contributed by atoms with Crippen molar-refractivity contribution in [2.45, 2.75) is 112 Å². The van der Waals surface area contributed by atoms with Gasteiger partial charge in [-0.15, -0.1) is 0 Å². The van der Waals surface area contributed by atoms with Crippen LogP contribution in [-0.4, -0.2) is 40.0 Å². The number of anilines is 1. The molecule has 7 nitrogen and oxygen atoms in total. The van der Waals surface area contributed by atoms with E-state index in [9.17, 15) is 14.4 Å². The highest BCUT2D eigenvalue weighted by Gasteiger charge is 2.43. The minimum Gasteiger partial charge on any atom is -0.444 e. The Morgan fingerprint density at radius 3 is 2.10 bits per heavy atom. The summed E-state index contributed by atoms with van der Waals surface area (Å²) >= 11 is 6.49. The summed E-state index contributed by atoms with van der Waals surface area (Å²) in [7, 11) is 0. The molecule has 0 aromatic heterocycles. The van der Waals surface area contributed by atoms with Gasteiger partial charge in [0.05, 0.1) is 10.7 Å². The highest BCUT2D eigenvalue weighted by Crippen LogP contribution is 2.35. The number of amides is 3. The van der Waals surface area contributed by atoms with Crippen LogP contribution < -0.4 is 10.6 Å². The molecule has 0 heterocycles. The summed E-state index contributed by atoms with van der Waals surface area (Å²) in [6, 6.07) is 9.30. The van der Waals surface area contributed by atoms with Gasteiger partial charge in [-0.25, -0.2) is 4.79 Å². The Balaban J connectivity index is 2.72. The number of hydrogen-bond donors (Lipinski definition) is 2. The predicted molar refractivity (Wildman–Crippen MR) is 167 cm³/mol. The van der Waals surface area contributed by atoms with Gasteiger partial charge < -0.3 is 20.3 Å². The lowest BCUT2D eigenvalue weighted by atomic mass is 9.90. The van der Waals surface area contributed by atoms with Crippen LogP contribution in [-0.2, 0) is 14.3 Å². The van der Waals surface area contributed by atoms with Crippen molar-refractivity contribution in [3.05, 3.63) is 63.7 Å². The van der Waals surface area contributed by atoms with Crippen LogP contribution in [0.4, 0.5) is 10.5 Å². The fourth-order valence-electron chi connectivity index (χ4n) is 4.59. The molecule has 0 aliphatic heterocycles. The van der Waals surface area contributed by atoms with E-state index in [0.29, 0.717) is 29.1 Å². The molecule has 2 aromatic carbocycles. The van der Waals surface area contributed by atoms with Crippen molar-refractivity contribution in [2.75, 3.05) is 5.32 Å². The van der Waals surface area contributed by atoms with E-state index in [1.807, 2.05) is 85.7 Å². The van der Waals surface area contributed by atoms with Crippen LogP contribution in [0.2, 0.25) is 5.02 Å². The summed E-state index contributed by atoms with van der Waals surface area (Å²) in [5, 5.41) is 6.24.